The summed E-state index contributed by atoms with van der Waals surface area (Å²) in [6.45, 7) is 12.0. The molecular formula is C63H128N3O6+3. The van der Waals surface area contributed by atoms with Crippen LogP contribution in [0, 0.1) is 0 Å². The Morgan fingerprint density at radius 3 is 0.639 bits per heavy atom. The summed E-state index contributed by atoms with van der Waals surface area (Å²) >= 11 is 0. The number of ether oxygens (including phenoxy) is 3. The van der Waals surface area contributed by atoms with Gasteiger partial charge in [-0.15, -0.1) is 0 Å². The highest BCUT2D eigenvalue weighted by Gasteiger charge is 2.34. The summed E-state index contributed by atoms with van der Waals surface area (Å²) in [5, 5.41) is 0. The maximum absolute atomic E-state index is 13.4. The summed E-state index contributed by atoms with van der Waals surface area (Å²) in [6.07, 6.45) is 54.7. The number of quaternary nitrogens is 3. The van der Waals surface area contributed by atoms with Gasteiger partial charge >= 0.3 is 17.9 Å². The van der Waals surface area contributed by atoms with Crippen molar-refractivity contribution in [2.75, 3.05) is 101 Å². The monoisotopic (exact) mass is 1020 g/mol. The lowest BCUT2D eigenvalue weighted by Gasteiger charge is -2.39. The van der Waals surface area contributed by atoms with E-state index in [1.54, 1.807) is 0 Å². The van der Waals surface area contributed by atoms with Gasteiger partial charge in [0.15, 0.2) is 19.6 Å². The number of rotatable bonds is 57. The van der Waals surface area contributed by atoms with Crippen molar-refractivity contribution in [2.24, 2.45) is 0 Å². The molecule has 9 nitrogen and oxygen atoms in total. The van der Waals surface area contributed by atoms with Crippen molar-refractivity contribution in [1.29, 1.82) is 0 Å². The highest BCUT2D eigenvalue weighted by molar-refractivity contribution is 5.71. The SMILES string of the molecule is CCCCCCCCCCCCCCCCOC(=O)C[N+](C)(C)CC[N+](C)(CC[N+](C)(C)CC(=O)OCCCCCCCCCCCCCCCC)CC(=O)OCCCCCCCCCCCCCCCC. The maximum atomic E-state index is 13.4. The molecule has 0 aromatic carbocycles. The molecule has 0 aliphatic heterocycles. The van der Waals surface area contributed by atoms with Crippen LogP contribution in [0.2, 0.25) is 0 Å². The van der Waals surface area contributed by atoms with Gasteiger partial charge in [-0.1, -0.05) is 271 Å². The third-order valence-corrected chi connectivity index (χ3v) is 15.4. The number of nitrogens with zero attached hydrogens (tertiary/aromatic N) is 3. The second kappa shape index (κ2) is 50.1. The highest BCUT2D eigenvalue weighted by atomic mass is 16.5. The minimum absolute atomic E-state index is 0.151. The fourth-order valence-corrected chi connectivity index (χ4v) is 10.0. The highest BCUT2D eigenvalue weighted by Crippen LogP contribution is 2.17. The molecule has 72 heavy (non-hydrogen) atoms. The molecule has 0 aromatic rings. The number of carbonyl (C=O) groups excluding carboxylic acids is 3. The lowest BCUT2D eigenvalue weighted by molar-refractivity contribution is -0.970. The first-order valence-electron chi connectivity index (χ1n) is 31.7. The summed E-state index contributed by atoms with van der Waals surface area (Å²) in [5.74, 6) is -0.466. The molecular weight excluding hydrogens is 895 g/mol. The van der Waals surface area contributed by atoms with Gasteiger partial charge in [0.05, 0.1) is 55.1 Å². The van der Waals surface area contributed by atoms with Crippen molar-refractivity contribution in [3.05, 3.63) is 0 Å². The van der Waals surface area contributed by atoms with Crippen molar-refractivity contribution in [1.82, 2.24) is 0 Å². The fourth-order valence-electron chi connectivity index (χ4n) is 10.0. The van der Waals surface area contributed by atoms with Gasteiger partial charge < -0.3 is 27.7 Å². The minimum Gasteiger partial charge on any atom is -0.462 e. The zero-order valence-electron chi connectivity index (χ0n) is 50.1. The molecule has 0 aliphatic rings. The lowest BCUT2D eigenvalue weighted by atomic mass is 10.0. The number of hydrogen-bond acceptors (Lipinski definition) is 6. The molecule has 0 amide bonds. The van der Waals surface area contributed by atoms with E-state index < -0.39 is 0 Å². The van der Waals surface area contributed by atoms with E-state index in [0.717, 1.165) is 38.5 Å². The second-order valence-corrected chi connectivity index (χ2v) is 24.3. The predicted octanol–water partition coefficient (Wildman–Crippen LogP) is 16.7. The van der Waals surface area contributed by atoms with Crippen LogP contribution in [0.1, 0.15) is 290 Å². The Labute approximate surface area is 449 Å². The quantitative estimate of drug-likeness (QED) is 0.0261. The maximum Gasteiger partial charge on any atom is 0.361 e. The molecule has 0 unspecified atom stereocenters. The van der Waals surface area contributed by atoms with E-state index in [-0.39, 0.29) is 24.5 Å². The molecule has 0 radical (unpaired) electrons. The van der Waals surface area contributed by atoms with Crippen LogP contribution >= 0.6 is 0 Å². The van der Waals surface area contributed by atoms with Gasteiger partial charge in [-0.3, -0.25) is 0 Å². The van der Waals surface area contributed by atoms with Crippen LogP contribution in [0.3, 0.4) is 0 Å². The molecule has 0 aromatic heterocycles. The van der Waals surface area contributed by atoms with Crippen LogP contribution in [0.4, 0.5) is 0 Å². The molecule has 0 saturated heterocycles. The Kier molecular flexibility index (Phi) is 48.9. The molecule has 0 aliphatic carbocycles. The largest absolute Gasteiger partial charge is 0.462 e. The molecule has 428 valence electrons. The van der Waals surface area contributed by atoms with E-state index in [1.807, 2.05) is 0 Å². The van der Waals surface area contributed by atoms with Crippen LogP contribution in [-0.2, 0) is 28.6 Å². The molecule has 0 spiro atoms. The third-order valence-electron chi connectivity index (χ3n) is 15.4. The van der Waals surface area contributed by atoms with Crippen LogP contribution in [-0.4, -0.2) is 132 Å². The Morgan fingerprint density at radius 2 is 0.431 bits per heavy atom. The van der Waals surface area contributed by atoms with Crippen molar-refractivity contribution in [2.45, 2.75) is 290 Å². The van der Waals surface area contributed by atoms with Crippen molar-refractivity contribution in [3.8, 4) is 0 Å². The average Bonchev–Trinajstić information content (AvgIpc) is 3.33. The van der Waals surface area contributed by atoms with E-state index in [1.165, 1.54) is 231 Å². The van der Waals surface area contributed by atoms with Crippen molar-refractivity contribution >= 4 is 17.9 Å². The predicted molar refractivity (Wildman–Crippen MR) is 308 cm³/mol. The summed E-state index contributed by atoms with van der Waals surface area (Å²) in [4.78, 5) is 39.5. The first-order valence-corrected chi connectivity index (χ1v) is 31.7. The smallest absolute Gasteiger partial charge is 0.361 e. The summed E-state index contributed by atoms with van der Waals surface area (Å²) in [7, 11) is 10.5. The van der Waals surface area contributed by atoms with Crippen LogP contribution < -0.4 is 0 Å². The van der Waals surface area contributed by atoms with Gasteiger partial charge in [-0.2, -0.15) is 0 Å². The number of hydrogen-bond donors (Lipinski definition) is 0. The minimum atomic E-state index is -0.164. The van der Waals surface area contributed by atoms with Crippen molar-refractivity contribution < 1.29 is 42.0 Å². The molecule has 0 atom stereocenters. The van der Waals surface area contributed by atoms with Crippen LogP contribution in [0.15, 0.2) is 0 Å². The number of likely N-dealkylation sites (N-methyl/N-ethyl adjacent to an activating group) is 3. The lowest BCUT2D eigenvalue weighted by Crippen LogP contribution is -2.59. The molecule has 9 heteroatoms. The number of carbonyl (C=O) groups is 3. The first kappa shape index (κ1) is 70.3. The molecule has 0 fully saturated rings. The molecule has 0 N–H and O–H groups in total. The Balaban J connectivity index is 4.80. The van der Waals surface area contributed by atoms with Gasteiger partial charge in [0.2, 0.25) is 0 Å². The normalized spacial score (nSPS) is 12.2. The topological polar surface area (TPSA) is 78.9 Å². The first-order chi connectivity index (χ1) is 34.8. The molecule has 0 heterocycles. The fraction of sp³-hybridized carbons (Fsp3) is 0.952. The van der Waals surface area contributed by atoms with E-state index in [2.05, 4.69) is 56.0 Å². The van der Waals surface area contributed by atoms with Gasteiger partial charge in [0, 0.05) is 0 Å². The standard InChI is InChI=1S/C63H128N3O6/c1-9-12-15-18-21-24-27-30-33-36-39-42-45-48-55-70-61(67)58-64(4,5)51-53-66(8,60-63(69)72-57-50-47-44-41-38-35-32-29-26-23-20-17-14-11-3)54-52-65(6,7)59-62(68)71-56-49-46-43-40-37-34-31-28-25-22-19-16-13-10-2/h9-60H2,1-8H3/q+3. The summed E-state index contributed by atoms with van der Waals surface area (Å²) < 4.78 is 18.8. The van der Waals surface area contributed by atoms with Gasteiger partial charge in [0.25, 0.3) is 0 Å². The Bertz CT molecular complexity index is 1150. The molecule has 0 rings (SSSR count). The Hall–Kier alpha value is -1.71. The van der Waals surface area contributed by atoms with E-state index in [0.29, 0.717) is 72.5 Å². The molecule has 0 bridgehead atoms. The second-order valence-electron chi connectivity index (χ2n) is 24.3. The summed E-state index contributed by atoms with van der Waals surface area (Å²) in [5.41, 5.74) is 0. The molecule has 0 saturated carbocycles. The number of esters is 3. The van der Waals surface area contributed by atoms with E-state index in [4.69, 9.17) is 14.2 Å². The van der Waals surface area contributed by atoms with E-state index >= 15 is 0 Å². The zero-order chi connectivity index (χ0) is 53.1. The Morgan fingerprint density at radius 1 is 0.250 bits per heavy atom. The van der Waals surface area contributed by atoms with Crippen molar-refractivity contribution in [3.63, 3.8) is 0 Å². The number of unbranched alkanes of at least 4 members (excludes halogenated alkanes) is 39. The van der Waals surface area contributed by atoms with Gasteiger partial charge in [0.1, 0.15) is 26.2 Å². The third kappa shape index (κ3) is 50.4. The average molecular weight is 1020 g/mol. The van der Waals surface area contributed by atoms with Crippen LogP contribution in [0.25, 0.3) is 0 Å². The van der Waals surface area contributed by atoms with Gasteiger partial charge in [-0.05, 0) is 19.3 Å². The van der Waals surface area contributed by atoms with Crippen LogP contribution in [0.5, 0.6) is 0 Å². The zero-order valence-corrected chi connectivity index (χ0v) is 50.1. The van der Waals surface area contributed by atoms with E-state index in [9.17, 15) is 14.4 Å². The van der Waals surface area contributed by atoms with Gasteiger partial charge in [-0.25, -0.2) is 14.4 Å². The summed E-state index contributed by atoms with van der Waals surface area (Å²) in [6, 6.07) is 0.